The van der Waals surface area contributed by atoms with Crippen molar-refractivity contribution in [1.29, 1.82) is 5.26 Å². The van der Waals surface area contributed by atoms with Crippen molar-refractivity contribution >= 4 is 51.3 Å². The van der Waals surface area contributed by atoms with E-state index in [4.69, 9.17) is 4.74 Å². The number of hydrogen-bond donors (Lipinski definition) is 3. The fraction of sp³-hybridized carbons (Fsp3) is 0.0714. The summed E-state index contributed by atoms with van der Waals surface area (Å²) in [6, 6.07) is 23.8. The van der Waals surface area contributed by atoms with Gasteiger partial charge in [-0.3, -0.25) is 9.11 Å². The fourth-order valence-corrected chi connectivity index (χ4v) is 5.15. The van der Waals surface area contributed by atoms with E-state index in [1.165, 1.54) is 36.4 Å². The van der Waals surface area contributed by atoms with Crippen LogP contribution in [0.1, 0.15) is 27.0 Å². The summed E-state index contributed by atoms with van der Waals surface area (Å²) >= 11 is -5.05. The Morgan fingerprint density at radius 1 is 0.750 bits per heavy atom. The molecule has 204 valence electrons. The maximum Gasteiger partial charge on any atom is 0.337 e. The van der Waals surface area contributed by atoms with Gasteiger partial charge in [0.1, 0.15) is 17.6 Å². The van der Waals surface area contributed by atoms with Gasteiger partial charge in [0.25, 0.3) is 22.5 Å². The zero-order valence-corrected chi connectivity index (χ0v) is 22.8. The number of carboxylic acid groups (broad SMARTS) is 1. The summed E-state index contributed by atoms with van der Waals surface area (Å²) in [5.41, 5.74) is 2.47. The van der Waals surface area contributed by atoms with Gasteiger partial charge in [-0.15, -0.1) is 0 Å². The predicted octanol–water partition coefficient (Wildman–Crippen LogP) is 6.22. The van der Waals surface area contributed by atoms with E-state index in [0.717, 1.165) is 19.7 Å². The Balaban J connectivity index is 1.69. The van der Waals surface area contributed by atoms with E-state index in [-0.39, 0.29) is 34.0 Å². The number of rotatable bonds is 9. The predicted molar refractivity (Wildman–Crippen MR) is 153 cm³/mol. The molecule has 2 unspecified atom stereocenters. The normalized spacial score (nSPS) is 12.2. The molecule has 4 aromatic rings. The van der Waals surface area contributed by atoms with E-state index in [0.29, 0.717) is 11.4 Å². The molecule has 0 aliphatic carbocycles. The van der Waals surface area contributed by atoms with Crippen molar-refractivity contribution in [1.82, 2.24) is 0 Å². The number of carboxylic acids is 1. The molecule has 3 N–H and O–H groups in total. The van der Waals surface area contributed by atoms with Crippen molar-refractivity contribution in [2.75, 3.05) is 8.61 Å². The van der Waals surface area contributed by atoms with Crippen LogP contribution in [0.2, 0.25) is 0 Å². The number of nitriles is 1. The highest BCUT2D eigenvalue weighted by molar-refractivity contribution is 7.81. The lowest BCUT2D eigenvalue weighted by Crippen LogP contribution is -2.21. The number of benzene rings is 4. The molecule has 0 fully saturated rings. The van der Waals surface area contributed by atoms with Gasteiger partial charge in [-0.05, 0) is 68.4 Å². The van der Waals surface area contributed by atoms with E-state index >= 15 is 0 Å². The van der Waals surface area contributed by atoms with Crippen molar-refractivity contribution in [3.63, 3.8) is 0 Å². The first-order valence-corrected chi connectivity index (χ1v) is 13.8. The van der Waals surface area contributed by atoms with Crippen molar-refractivity contribution in [2.24, 2.45) is 0 Å². The topological polar surface area (TPSA) is 151 Å². The van der Waals surface area contributed by atoms with Crippen molar-refractivity contribution in [2.45, 2.75) is 13.8 Å². The van der Waals surface area contributed by atoms with Crippen LogP contribution in [0.4, 0.5) is 22.7 Å². The first-order valence-electron chi connectivity index (χ1n) is 11.6. The van der Waals surface area contributed by atoms with Crippen LogP contribution in [0, 0.1) is 25.2 Å². The quantitative estimate of drug-likeness (QED) is 0.198. The molecule has 40 heavy (non-hydrogen) atoms. The fourth-order valence-electron chi connectivity index (χ4n) is 3.90. The van der Waals surface area contributed by atoms with Crippen LogP contribution in [0.3, 0.4) is 0 Å². The zero-order chi connectivity index (χ0) is 29.0. The van der Waals surface area contributed by atoms with Gasteiger partial charge in [-0.25, -0.2) is 21.8 Å². The van der Waals surface area contributed by atoms with Crippen molar-refractivity contribution in [3.8, 4) is 17.6 Å². The lowest BCUT2D eigenvalue weighted by Gasteiger charge is -2.23. The molecule has 4 aromatic carbocycles. The monoisotopic (exact) mass is 577 g/mol. The third kappa shape index (κ3) is 6.19. The first kappa shape index (κ1) is 28.5. The highest BCUT2D eigenvalue weighted by Crippen LogP contribution is 2.36. The summed E-state index contributed by atoms with van der Waals surface area (Å²) in [6.07, 6.45) is 0. The Bertz CT molecular complexity index is 1650. The molecule has 0 amide bonds. The summed E-state index contributed by atoms with van der Waals surface area (Å²) in [7, 11) is 0. The Morgan fingerprint density at radius 2 is 1.20 bits per heavy atom. The number of hydrogen-bond acceptors (Lipinski definition) is 5. The number of ether oxygens (including phenoxy) is 1. The molecule has 0 saturated heterocycles. The molecule has 0 spiro atoms. The summed E-state index contributed by atoms with van der Waals surface area (Å²) in [5, 5.41) is 19.6. The molecule has 12 heteroatoms. The second-order valence-corrected chi connectivity index (χ2v) is 10.3. The van der Waals surface area contributed by atoms with Gasteiger partial charge in [0.05, 0.1) is 33.9 Å². The molecule has 2 atom stereocenters. The summed E-state index contributed by atoms with van der Waals surface area (Å²) in [4.78, 5) is 12.1. The van der Waals surface area contributed by atoms with E-state index in [2.05, 4.69) is 0 Å². The summed E-state index contributed by atoms with van der Waals surface area (Å²) < 4.78 is 52.2. The van der Waals surface area contributed by atoms with Gasteiger partial charge in [0.15, 0.2) is 0 Å². The van der Waals surface area contributed by atoms with Gasteiger partial charge >= 0.3 is 5.97 Å². The Morgan fingerprint density at radius 3 is 1.65 bits per heavy atom. The number of aromatic carboxylic acids is 1. The molecule has 0 heterocycles. The largest absolute Gasteiger partial charge is 0.478 e. The third-order valence-corrected chi connectivity index (χ3v) is 7.25. The molecule has 10 nitrogen and oxygen atoms in total. The molecule has 0 radical (unpaired) electrons. The van der Waals surface area contributed by atoms with Gasteiger partial charge in [-0.1, -0.05) is 35.4 Å². The number of aryl methyl sites for hydroxylation is 2. The first-order chi connectivity index (χ1) is 19.1. The van der Waals surface area contributed by atoms with Gasteiger partial charge in [0, 0.05) is 6.07 Å². The number of carbonyl (C=O) groups is 1. The van der Waals surface area contributed by atoms with E-state index in [1.807, 2.05) is 19.9 Å². The van der Waals surface area contributed by atoms with Crippen molar-refractivity contribution in [3.05, 3.63) is 107 Å². The molecule has 0 aliphatic heterocycles. The highest BCUT2D eigenvalue weighted by Gasteiger charge is 2.23. The van der Waals surface area contributed by atoms with Gasteiger partial charge < -0.3 is 9.84 Å². The van der Waals surface area contributed by atoms with Crippen LogP contribution in [0.15, 0.2) is 84.9 Å². The van der Waals surface area contributed by atoms with Crippen LogP contribution in [0.5, 0.6) is 11.5 Å². The molecule has 4 rings (SSSR count). The molecular formula is C28H23N3O7S2. The zero-order valence-electron chi connectivity index (χ0n) is 21.2. The second-order valence-electron chi connectivity index (χ2n) is 8.60. The molecule has 0 aliphatic rings. The minimum Gasteiger partial charge on any atom is -0.478 e. The average molecular weight is 578 g/mol. The Hall–Kier alpha value is -4.54. The molecule has 0 saturated carbocycles. The Labute approximate surface area is 235 Å². The van der Waals surface area contributed by atoms with Crippen LogP contribution in [-0.4, -0.2) is 28.6 Å². The van der Waals surface area contributed by atoms with E-state index in [1.54, 1.807) is 48.5 Å². The highest BCUT2D eigenvalue weighted by atomic mass is 32.2. The van der Waals surface area contributed by atoms with Crippen LogP contribution in [0.25, 0.3) is 0 Å². The van der Waals surface area contributed by atoms with Crippen LogP contribution in [-0.2, 0) is 22.5 Å². The Kier molecular flexibility index (Phi) is 8.61. The van der Waals surface area contributed by atoms with E-state index in [9.17, 15) is 32.7 Å². The van der Waals surface area contributed by atoms with Crippen molar-refractivity contribution < 1.29 is 32.2 Å². The maximum absolute atomic E-state index is 12.2. The molecule has 0 bridgehead atoms. The average Bonchev–Trinajstić information content (AvgIpc) is 2.92. The smallest absolute Gasteiger partial charge is 0.337 e. The van der Waals surface area contributed by atoms with Crippen LogP contribution < -0.4 is 13.3 Å². The maximum atomic E-state index is 12.2. The van der Waals surface area contributed by atoms with E-state index < -0.39 is 28.5 Å². The molecular weight excluding hydrogens is 554 g/mol. The van der Waals surface area contributed by atoms with Gasteiger partial charge in [0.2, 0.25) is 0 Å². The summed E-state index contributed by atoms with van der Waals surface area (Å²) in [6.45, 7) is 3.73. The lowest BCUT2D eigenvalue weighted by molar-refractivity contribution is 0.0697. The summed E-state index contributed by atoms with van der Waals surface area (Å²) in [5.74, 6) is -1.10. The van der Waals surface area contributed by atoms with Crippen LogP contribution >= 0.6 is 0 Å². The number of nitrogens with zero attached hydrogens (tertiary/aromatic N) is 3. The van der Waals surface area contributed by atoms with Gasteiger partial charge in [-0.2, -0.15) is 5.26 Å². The lowest BCUT2D eigenvalue weighted by atomic mass is 10.1. The number of anilines is 4. The third-order valence-electron chi connectivity index (χ3n) is 5.81. The standard InChI is InChI=1S/C28H23N3O7S2/c1-18-3-7-21(8-4-18)30(39(34)35)26-13-11-23(15-20(26)17-29)38-24-12-14-27(25(16-24)28(32)33)31(40(36)37)22-9-5-19(2)6-10-22/h3-16H,1-2H3,(H,32,33)(H,34,35)(H,36,37). The minimum atomic E-state index is -2.57. The minimum absolute atomic E-state index is 0.0308. The molecule has 0 aromatic heterocycles. The second kappa shape index (κ2) is 12.1. The SMILES string of the molecule is Cc1ccc(N(c2ccc(Oc3ccc(N(c4ccc(C)cc4)S(=O)O)c(C(=O)O)c3)cc2C#N)S(=O)O)cc1.